The van der Waals surface area contributed by atoms with Crippen LogP contribution in [0.3, 0.4) is 0 Å². The Hall–Kier alpha value is -0.420. The highest BCUT2D eigenvalue weighted by Crippen LogP contribution is 2.24. The summed E-state index contributed by atoms with van der Waals surface area (Å²) in [5.41, 5.74) is 0. The van der Waals surface area contributed by atoms with Gasteiger partial charge in [0.15, 0.2) is 0 Å². The molecule has 4 unspecified atom stereocenters. The number of carboxylic acids is 1. The van der Waals surface area contributed by atoms with Gasteiger partial charge in [0.2, 0.25) is 0 Å². The molecule has 0 saturated heterocycles. The molecule has 4 atom stereocenters. The van der Waals surface area contributed by atoms with E-state index in [0.717, 1.165) is 32.1 Å². The van der Waals surface area contributed by atoms with E-state index in [1.54, 1.807) is 6.26 Å². The second-order valence-corrected chi connectivity index (χ2v) is 6.59. The topological polar surface area (TPSA) is 66.4 Å². The first-order valence-electron chi connectivity index (χ1n) is 6.28. The van der Waals surface area contributed by atoms with Gasteiger partial charge in [-0.1, -0.05) is 6.42 Å². The minimum Gasteiger partial charge on any atom is -0.481 e. The van der Waals surface area contributed by atoms with Gasteiger partial charge in [-0.25, -0.2) is 0 Å². The molecule has 2 N–H and O–H groups in total. The molecule has 0 heterocycles. The summed E-state index contributed by atoms with van der Waals surface area (Å²) in [6, 6.07) is 0.626. The van der Waals surface area contributed by atoms with Crippen molar-refractivity contribution in [3.63, 3.8) is 0 Å². The molecule has 1 aliphatic rings. The molecule has 5 heteroatoms. The van der Waals surface area contributed by atoms with E-state index in [1.807, 2.05) is 0 Å². The highest BCUT2D eigenvalue weighted by Gasteiger charge is 2.27. The molecular weight excluding hydrogens is 238 g/mol. The predicted molar refractivity (Wildman–Crippen MR) is 69.5 cm³/mol. The van der Waals surface area contributed by atoms with Crippen molar-refractivity contribution in [1.29, 1.82) is 0 Å². The fourth-order valence-corrected chi connectivity index (χ4v) is 3.08. The van der Waals surface area contributed by atoms with Gasteiger partial charge in [0.05, 0.1) is 5.92 Å². The highest BCUT2D eigenvalue weighted by atomic mass is 32.2. The monoisotopic (exact) mass is 261 g/mol. The van der Waals surface area contributed by atoms with Crippen molar-refractivity contribution in [2.24, 2.45) is 5.92 Å². The Kier molecular flexibility index (Phi) is 6.12. The van der Waals surface area contributed by atoms with Crippen LogP contribution in [-0.2, 0) is 15.6 Å². The van der Waals surface area contributed by atoms with Crippen LogP contribution >= 0.6 is 0 Å². The zero-order valence-corrected chi connectivity index (χ0v) is 11.5. The number of carbonyl (C=O) groups is 1. The van der Waals surface area contributed by atoms with Gasteiger partial charge < -0.3 is 10.4 Å². The molecule has 100 valence electrons. The summed E-state index contributed by atoms with van der Waals surface area (Å²) >= 11 is 0. The molecule has 1 fully saturated rings. The third-order valence-corrected chi connectivity index (χ3v) is 4.19. The van der Waals surface area contributed by atoms with Crippen LogP contribution in [0, 0.1) is 5.92 Å². The maximum atomic E-state index is 11.0. The Balaban J connectivity index is 2.30. The fraction of sp³-hybridized carbons (Fsp3) is 0.917. The van der Waals surface area contributed by atoms with Gasteiger partial charge >= 0.3 is 5.97 Å². The summed E-state index contributed by atoms with van der Waals surface area (Å²) in [5.74, 6) is -0.143. The number of aliphatic carboxylic acids is 1. The van der Waals surface area contributed by atoms with Gasteiger partial charge in [0, 0.05) is 34.9 Å². The van der Waals surface area contributed by atoms with Crippen molar-refractivity contribution >= 4 is 16.8 Å². The molecule has 0 aliphatic heterocycles. The minimum absolute atomic E-state index is 0.186. The van der Waals surface area contributed by atoms with Crippen LogP contribution in [0.1, 0.15) is 39.0 Å². The maximum Gasteiger partial charge on any atom is 0.306 e. The van der Waals surface area contributed by atoms with Gasteiger partial charge in [-0.15, -0.1) is 0 Å². The van der Waals surface area contributed by atoms with E-state index in [-0.39, 0.29) is 5.92 Å². The minimum atomic E-state index is -0.741. The molecule has 0 aromatic carbocycles. The van der Waals surface area contributed by atoms with Crippen LogP contribution in [0.5, 0.6) is 0 Å². The van der Waals surface area contributed by atoms with E-state index < -0.39 is 16.8 Å². The van der Waals surface area contributed by atoms with Gasteiger partial charge in [-0.3, -0.25) is 9.00 Å². The fourth-order valence-electron chi connectivity index (χ4n) is 2.39. The molecule has 4 nitrogen and oxygen atoms in total. The number of rotatable bonds is 6. The second kappa shape index (κ2) is 7.11. The highest BCUT2D eigenvalue weighted by molar-refractivity contribution is 7.84. The second-order valence-electron chi connectivity index (χ2n) is 5.03. The Bertz CT molecular complexity index is 283. The lowest BCUT2D eigenvalue weighted by atomic mass is 9.85. The molecule has 0 bridgehead atoms. The van der Waals surface area contributed by atoms with Crippen LogP contribution < -0.4 is 5.32 Å². The van der Waals surface area contributed by atoms with Crippen LogP contribution in [0.2, 0.25) is 0 Å². The Morgan fingerprint density at radius 1 is 1.53 bits per heavy atom. The molecule has 0 aromatic rings. The first-order chi connectivity index (χ1) is 7.99. The number of nitrogens with one attached hydrogen (secondary N) is 1. The van der Waals surface area contributed by atoms with Gasteiger partial charge in [0.1, 0.15) is 0 Å². The first-order valence-corrected chi connectivity index (χ1v) is 8.00. The molecule has 0 radical (unpaired) electrons. The number of carboxylic acid groups (broad SMARTS) is 1. The van der Waals surface area contributed by atoms with E-state index >= 15 is 0 Å². The number of hydrogen-bond donors (Lipinski definition) is 2. The summed E-state index contributed by atoms with van der Waals surface area (Å²) in [6.45, 7) is 2.08. The van der Waals surface area contributed by atoms with E-state index in [9.17, 15) is 9.00 Å². The van der Waals surface area contributed by atoms with Crippen molar-refractivity contribution in [2.75, 3.05) is 12.0 Å². The summed E-state index contributed by atoms with van der Waals surface area (Å²) in [7, 11) is -0.741. The molecule has 0 aromatic heterocycles. The average Bonchev–Trinajstić information content (AvgIpc) is 2.26. The average molecular weight is 261 g/mol. The lowest BCUT2D eigenvalue weighted by Crippen LogP contribution is -2.41. The first kappa shape index (κ1) is 14.6. The van der Waals surface area contributed by atoms with Gasteiger partial charge in [-0.2, -0.15) is 0 Å². The lowest BCUT2D eigenvalue weighted by Gasteiger charge is -2.30. The van der Waals surface area contributed by atoms with Crippen LogP contribution in [-0.4, -0.2) is 39.4 Å². The molecule has 1 rings (SSSR count). The molecule has 1 aliphatic carbocycles. The third-order valence-electron chi connectivity index (χ3n) is 3.38. The summed E-state index contributed by atoms with van der Waals surface area (Å²) < 4.78 is 11.0. The van der Waals surface area contributed by atoms with E-state index in [0.29, 0.717) is 17.8 Å². The molecule has 0 amide bonds. The van der Waals surface area contributed by atoms with Gasteiger partial charge in [0.25, 0.3) is 0 Å². The number of hydrogen-bond acceptors (Lipinski definition) is 3. The summed E-state index contributed by atoms with van der Waals surface area (Å²) in [6.07, 6.45) is 6.19. The zero-order chi connectivity index (χ0) is 12.8. The summed E-state index contributed by atoms with van der Waals surface area (Å²) in [4.78, 5) is 10.9. The van der Waals surface area contributed by atoms with Crippen LogP contribution in [0.25, 0.3) is 0 Å². The van der Waals surface area contributed by atoms with Crippen LogP contribution in [0.15, 0.2) is 0 Å². The Labute approximate surface area is 106 Å². The van der Waals surface area contributed by atoms with Crippen molar-refractivity contribution in [2.45, 2.75) is 51.1 Å². The Morgan fingerprint density at radius 2 is 2.24 bits per heavy atom. The van der Waals surface area contributed by atoms with Crippen molar-refractivity contribution < 1.29 is 14.1 Å². The molecular formula is C12H23NO3S. The molecule has 0 spiro atoms. The van der Waals surface area contributed by atoms with E-state index in [1.165, 1.54) is 0 Å². The quantitative estimate of drug-likeness (QED) is 0.758. The Morgan fingerprint density at radius 3 is 2.82 bits per heavy atom. The van der Waals surface area contributed by atoms with Crippen molar-refractivity contribution in [3.05, 3.63) is 0 Å². The smallest absolute Gasteiger partial charge is 0.306 e. The van der Waals surface area contributed by atoms with Gasteiger partial charge in [-0.05, 0) is 32.6 Å². The normalized spacial score (nSPS) is 28.6. The molecule has 17 heavy (non-hydrogen) atoms. The summed E-state index contributed by atoms with van der Waals surface area (Å²) in [5, 5.41) is 12.5. The van der Waals surface area contributed by atoms with Crippen molar-refractivity contribution in [3.8, 4) is 0 Å². The largest absolute Gasteiger partial charge is 0.481 e. The SMILES string of the molecule is CC(CCS(C)=O)NC1CCCC(C(=O)O)C1. The van der Waals surface area contributed by atoms with E-state index in [4.69, 9.17) is 5.11 Å². The maximum absolute atomic E-state index is 11.0. The third kappa shape index (κ3) is 5.64. The standard InChI is InChI=1S/C12H23NO3S/c1-9(6-7-17(2)16)13-11-5-3-4-10(8-11)12(14)15/h9-11,13H,3-8H2,1-2H3,(H,14,15). The lowest BCUT2D eigenvalue weighted by molar-refractivity contribution is -0.143. The zero-order valence-electron chi connectivity index (χ0n) is 10.6. The van der Waals surface area contributed by atoms with Crippen LogP contribution in [0.4, 0.5) is 0 Å². The van der Waals surface area contributed by atoms with E-state index in [2.05, 4.69) is 12.2 Å². The molecule has 1 saturated carbocycles. The van der Waals surface area contributed by atoms with Crippen molar-refractivity contribution in [1.82, 2.24) is 5.32 Å². The predicted octanol–water partition coefficient (Wildman–Crippen LogP) is 1.38.